The number of ketones is 1. The molecule has 0 N–H and O–H groups in total. The summed E-state index contributed by atoms with van der Waals surface area (Å²) in [6, 6.07) is 20.1. The number of rotatable bonds is 6. The van der Waals surface area contributed by atoms with E-state index >= 15 is 0 Å². The lowest BCUT2D eigenvalue weighted by molar-refractivity contribution is -0.120. The molecule has 5 heteroatoms. The molecule has 5 rings (SSSR count). The van der Waals surface area contributed by atoms with E-state index in [1.54, 1.807) is 0 Å². The minimum Gasteiger partial charge on any atom is -0.454 e. The molecule has 0 saturated heterocycles. The Hall–Kier alpha value is -3.34. The van der Waals surface area contributed by atoms with Crippen molar-refractivity contribution in [1.82, 2.24) is 4.98 Å². The summed E-state index contributed by atoms with van der Waals surface area (Å²) in [5, 5.41) is 0. The fraction of sp³-hybridized carbons (Fsp3) is 0.280. The molecule has 1 saturated carbocycles. The van der Waals surface area contributed by atoms with E-state index < -0.39 is 5.41 Å². The molecule has 1 fully saturated rings. The zero-order valence-corrected chi connectivity index (χ0v) is 17.2. The molecule has 3 aromatic rings. The van der Waals surface area contributed by atoms with Gasteiger partial charge in [0, 0.05) is 37.5 Å². The molecule has 1 aliphatic heterocycles. The Morgan fingerprint density at radius 1 is 1.00 bits per heavy atom. The smallest absolute Gasteiger partial charge is 0.231 e. The molecule has 2 heterocycles. The van der Waals surface area contributed by atoms with Gasteiger partial charge in [-0.15, -0.1) is 0 Å². The van der Waals surface area contributed by atoms with Crippen molar-refractivity contribution in [2.45, 2.75) is 24.7 Å². The number of anilines is 1. The maximum absolute atomic E-state index is 13.2. The molecule has 2 aliphatic rings. The lowest BCUT2D eigenvalue weighted by Crippen LogP contribution is -2.23. The molecule has 0 bridgehead atoms. The normalized spacial score (nSPS) is 15.7. The van der Waals surface area contributed by atoms with Crippen LogP contribution in [-0.2, 0) is 16.6 Å². The second kappa shape index (κ2) is 7.17. The second-order valence-electron chi connectivity index (χ2n) is 8.21. The molecule has 0 spiro atoms. The first-order valence-electron chi connectivity index (χ1n) is 10.2. The first-order chi connectivity index (χ1) is 14.5. The summed E-state index contributed by atoms with van der Waals surface area (Å²) in [7, 11) is 4.04. The number of benzene rings is 2. The first-order valence-corrected chi connectivity index (χ1v) is 10.2. The fourth-order valence-corrected chi connectivity index (χ4v) is 4.05. The van der Waals surface area contributed by atoms with E-state index in [0.29, 0.717) is 6.42 Å². The third-order valence-electron chi connectivity index (χ3n) is 6.04. The molecule has 1 aliphatic carbocycles. The van der Waals surface area contributed by atoms with Crippen LogP contribution in [0.15, 0.2) is 60.7 Å². The minimum atomic E-state index is -0.411. The average molecular weight is 400 g/mol. The van der Waals surface area contributed by atoms with Crippen molar-refractivity contribution in [2.24, 2.45) is 0 Å². The Bertz CT molecular complexity index is 1100. The highest BCUT2D eigenvalue weighted by atomic mass is 16.7. The third kappa shape index (κ3) is 3.30. The second-order valence-corrected chi connectivity index (χ2v) is 8.21. The van der Waals surface area contributed by atoms with Crippen LogP contribution in [0.3, 0.4) is 0 Å². The predicted molar refractivity (Wildman–Crippen MR) is 116 cm³/mol. The number of nitrogens with zero attached hydrogens (tertiary/aromatic N) is 2. The van der Waals surface area contributed by atoms with Gasteiger partial charge in [-0.3, -0.25) is 9.78 Å². The van der Waals surface area contributed by atoms with Crippen LogP contribution in [0.25, 0.3) is 11.3 Å². The number of hydrogen-bond donors (Lipinski definition) is 0. The Morgan fingerprint density at radius 3 is 2.50 bits per heavy atom. The summed E-state index contributed by atoms with van der Waals surface area (Å²) in [6.07, 6.45) is 2.08. The van der Waals surface area contributed by atoms with Gasteiger partial charge in [0.05, 0.1) is 11.1 Å². The van der Waals surface area contributed by atoms with Gasteiger partial charge in [-0.2, -0.15) is 0 Å². The average Bonchev–Trinajstić information content (AvgIpc) is 3.45. The molecule has 5 nitrogen and oxygen atoms in total. The van der Waals surface area contributed by atoms with Gasteiger partial charge in [-0.1, -0.05) is 24.3 Å². The maximum Gasteiger partial charge on any atom is 0.231 e. The summed E-state index contributed by atoms with van der Waals surface area (Å²) in [4.78, 5) is 20.1. The van der Waals surface area contributed by atoms with Gasteiger partial charge >= 0.3 is 0 Å². The zero-order valence-electron chi connectivity index (χ0n) is 17.2. The van der Waals surface area contributed by atoms with E-state index in [1.165, 1.54) is 0 Å². The highest BCUT2D eigenvalue weighted by Gasteiger charge is 2.50. The van der Waals surface area contributed by atoms with Gasteiger partial charge in [-0.25, -0.2) is 0 Å². The van der Waals surface area contributed by atoms with Crippen LogP contribution >= 0.6 is 0 Å². The van der Waals surface area contributed by atoms with Gasteiger partial charge in [0.2, 0.25) is 6.79 Å². The molecule has 0 amide bonds. The molecule has 0 unspecified atom stereocenters. The summed E-state index contributed by atoms with van der Waals surface area (Å²) in [5.74, 6) is 1.69. The Labute approximate surface area is 176 Å². The SMILES string of the molecule is CN(C)c1ccc(-c2cccc(CC(=O)C3(c4ccc5c(c4)OCO5)CC3)n2)cc1. The van der Waals surface area contributed by atoms with Crippen LogP contribution in [-0.4, -0.2) is 31.7 Å². The Kier molecular flexibility index (Phi) is 4.46. The molecular formula is C25H24N2O3. The maximum atomic E-state index is 13.2. The molecule has 30 heavy (non-hydrogen) atoms. The zero-order chi connectivity index (χ0) is 20.7. The number of fused-ring (bicyclic) bond motifs is 1. The Morgan fingerprint density at radius 2 is 1.77 bits per heavy atom. The largest absolute Gasteiger partial charge is 0.454 e. The number of Topliss-reactive ketones (excluding diaryl/α,β-unsaturated/α-hetero) is 1. The van der Waals surface area contributed by atoms with Crippen molar-refractivity contribution in [3.05, 3.63) is 71.9 Å². The lowest BCUT2D eigenvalue weighted by atomic mass is 9.88. The predicted octanol–water partition coefficient (Wildman–Crippen LogP) is 4.39. The standard InChI is InChI=1S/C25H24N2O3/c1-27(2)20-9-6-17(7-10-20)21-5-3-4-19(26-21)15-24(28)25(12-13-25)18-8-11-22-23(14-18)30-16-29-22/h3-11,14H,12-13,15-16H2,1-2H3. The van der Waals surface area contributed by atoms with Crippen LogP contribution in [0, 0.1) is 0 Å². The van der Waals surface area contributed by atoms with Crippen LogP contribution < -0.4 is 14.4 Å². The van der Waals surface area contributed by atoms with Gasteiger partial charge in [0.1, 0.15) is 5.78 Å². The van der Waals surface area contributed by atoms with E-state index in [2.05, 4.69) is 29.2 Å². The van der Waals surface area contributed by atoms with Crippen LogP contribution in [0.5, 0.6) is 11.5 Å². The number of aromatic nitrogens is 1. The monoisotopic (exact) mass is 400 g/mol. The summed E-state index contributed by atoms with van der Waals surface area (Å²) in [6.45, 7) is 0.242. The number of carbonyl (C=O) groups is 1. The molecular weight excluding hydrogens is 376 g/mol. The third-order valence-corrected chi connectivity index (χ3v) is 6.04. The highest BCUT2D eigenvalue weighted by molar-refractivity contribution is 5.94. The van der Waals surface area contributed by atoms with Crippen molar-refractivity contribution in [1.29, 1.82) is 0 Å². The Balaban J connectivity index is 1.36. The molecule has 0 radical (unpaired) electrons. The summed E-state index contributed by atoms with van der Waals surface area (Å²) >= 11 is 0. The van der Waals surface area contributed by atoms with Gasteiger partial charge in [0.25, 0.3) is 0 Å². The summed E-state index contributed by atoms with van der Waals surface area (Å²) < 4.78 is 10.9. The van der Waals surface area contributed by atoms with E-state index in [9.17, 15) is 4.79 Å². The number of ether oxygens (including phenoxy) is 2. The van der Waals surface area contributed by atoms with E-state index in [1.807, 2.05) is 50.5 Å². The topological polar surface area (TPSA) is 51.7 Å². The van der Waals surface area contributed by atoms with E-state index in [-0.39, 0.29) is 12.6 Å². The molecule has 2 aromatic carbocycles. The lowest BCUT2D eigenvalue weighted by Gasteiger charge is -2.15. The first kappa shape index (κ1) is 18.7. The molecule has 152 valence electrons. The van der Waals surface area contributed by atoms with Crippen LogP contribution in [0.4, 0.5) is 5.69 Å². The van der Waals surface area contributed by atoms with Crippen molar-refractivity contribution >= 4 is 11.5 Å². The molecule has 0 atom stereocenters. The fourth-order valence-electron chi connectivity index (χ4n) is 4.05. The van der Waals surface area contributed by atoms with Gasteiger partial charge in [0.15, 0.2) is 11.5 Å². The van der Waals surface area contributed by atoms with Crippen molar-refractivity contribution in [3.8, 4) is 22.8 Å². The van der Waals surface area contributed by atoms with Crippen molar-refractivity contribution < 1.29 is 14.3 Å². The van der Waals surface area contributed by atoms with Crippen LogP contribution in [0.1, 0.15) is 24.1 Å². The highest BCUT2D eigenvalue weighted by Crippen LogP contribution is 2.51. The number of carbonyl (C=O) groups excluding carboxylic acids is 1. The molecule has 1 aromatic heterocycles. The minimum absolute atomic E-state index is 0.217. The van der Waals surface area contributed by atoms with Crippen LogP contribution in [0.2, 0.25) is 0 Å². The van der Waals surface area contributed by atoms with Gasteiger partial charge in [-0.05, 0) is 54.8 Å². The summed E-state index contributed by atoms with van der Waals surface area (Å²) in [5.41, 5.74) is 4.50. The van der Waals surface area contributed by atoms with Gasteiger partial charge < -0.3 is 14.4 Å². The van der Waals surface area contributed by atoms with E-state index in [0.717, 1.165) is 52.5 Å². The number of hydrogen-bond acceptors (Lipinski definition) is 5. The van der Waals surface area contributed by atoms with E-state index in [4.69, 9.17) is 14.5 Å². The van der Waals surface area contributed by atoms with Crippen molar-refractivity contribution in [2.75, 3.05) is 25.8 Å². The number of pyridine rings is 1. The quantitative estimate of drug-likeness (QED) is 0.614. The van der Waals surface area contributed by atoms with Crippen molar-refractivity contribution in [3.63, 3.8) is 0 Å².